The minimum atomic E-state index is -0.591. The first-order valence-electron chi connectivity index (χ1n) is 4.93. The Morgan fingerprint density at radius 2 is 2.43 bits per heavy atom. The highest BCUT2D eigenvalue weighted by atomic mass is 16.7. The fourth-order valence-electron chi connectivity index (χ4n) is 1.07. The van der Waals surface area contributed by atoms with Gasteiger partial charge in [-0.25, -0.2) is 4.79 Å². The Kier molecular flexibility index (Phi) is 4.46. The van der Waals surface area contributed by atoms with Crippen molar-refractivity contribution in [1.29, 1.82) is 0 Å². The fourth-order valence-corrected chi connectivity index (χ4v) is 1.07. The molecule has 0 aromatic rings. The molecular formula is C10H17NO3. The maximum Gasteiger partial charge on any atom is 0.513 e. The minimum absolute atomic E-state index is 0.338. The van der Waals surface area contributed by atoms with Crippen molar-refractivity contribution < 1.29 is 14.3 Å². The van der Waals surface area contributed by atoms with E-state index in [0.29, 0.717) is 18.3 Å². The van der Waals surface area contributed by atoms with E-state index in [2.05, 4.69) is 5.32 Å². The van der Waals surface area contributed by atoms with Crippen molar-refractivity contribution in [1.82, 2.24) is 5.32 Å². The third-order valence-corrected chi connectivity index (χ3v) is 1.77. The van der Waals surface area contributed by atoms with Gasteiger partial charge in [-0.1, -0.05) is 13.8 Å². The fraction of sp³-hybridized carbons (Fsp3) is 0.700. The van der Waals surface area contributed by atoms with Crippen LogP contribution in [0.4, 0.5) is 4.79 Å². The van der Waals surface area contributed by atoms with Gasteiger partial charge in [0.2, 0.25) is 0 Å². The maximum absolute atomic E-state index is 11.1. The van der Waals surface area contributed by atoms with Gasteiger partial charge in [-0.15, -0.1) is 0 Å². The standard InChI is InChI=1S/C10H17NO3/c1-8(2)7-13-10(12)14-9-3-5-11-6-4-9/h3,8,11H,4-7H2,1-2H3. The molecule has 0 spiro atoms. The van der Waals surface area contributed by atoms with E-state index in [0.717, 1.165) is 19.5 Å². The lowest BCUT2D eigenvalue weighted by Gasteiger charge is -2.14. The molecule has 0 atom stereocenters. The molecule has 1 rings (SSSR count). The molecule has 0 saturated heterocycles. The molecule has 0 aromatic heterocycles. The smallest absolute Gasteiger partial charge is 0.434 e. The monoisotopic (exact) mass is 199 g/mol. The summed E-state index contributed by atoms with van der Waals surface area (Å²) in [4.78, 5) is 11.1. The molecule has 0 fully saturated rings. The second-order valence-corrected chi connectivity index (χ2v) is 3.68. The highest BCUT2D eigenvalue weighted by molar-refractivity contribution is 5.61. The number of carbonyl (C=O) groups is 1. The minimum Gasteiger partial charge on any atom is -0.434 e. The van der Waals surface area contributed by atoms with Crippen molar-refractivity contribution in [3.63, 3.8) is 0 Å². The maximum atomic E-state index is 11.1. The Bertz CT molecular complexity index is 223. The average Bonchev–Trinajstić information content (AvgIpc) is 2.16. The Morgan fingerprint density at radius 3 is 3.00 bits per heavy atom. The van der Waals surface area contributed by atoms with Gasteiger partial charge in [0.05, 0.1) is 6.61 Å². The predicted molar refractivity (Wildman–Crippen MR) is 52.8 cm³/mol. The van der Waals surface area contributed by atoms with E-state index < -0.39 is 6.16 Å². The van der Waals surface area contributed by atoms with E-state index in [4.69, 9.17) is 9.47 Å². The molecule has 0 saturated carbocycles. The second kappa shape index (κ2) is 5.65. The summed E-state index contributed by atoms with van der Waals surface area (Å²) in [5.41, 5.74) is 0. The van der Waals surface area contributed by atoms with Crippen LogP contribution in [0.15, 0.2) is 11.8 Å². The van der Waals surface area contributed by atoms with E-state index >= 15 is 0 Å². The van der Waals surface area contributed by atoms with Crippen molar-refractivity contribution in [2.45, 2.75) is 20.3 Å². The lowest BCUT2D eigenvalue weighted by Crippen LogP contribution is -2.23. The quantitative estimate of drug-likeness (QED) is 0.702. The molecule has 1 aliphatic rings. The van der Waals surface area contributed by atoms with Crippen LogP contribution in [-0.2, 0) is 9.47 Å². The first-order valence-corrected chi connectivity index (χ1v) is 4.93. The van der Waals surface area contributed by atoms with Crippen LogP contribution in [0.25, 0.3) is 0 Å². The molecule has 80 valence electrons. The van der Waals surface area contributed by atoms with Gasteiger partial charge in [-0.3, -0.25) is 0 Å². The average molecular weight is 199 g/mol. The summed E-state index contributed by atoms with van der Waals surface area (Å²) in [7, 11) is 0. The number of ether oxygens (including phenoxy) is 2. The normalized spacial score (nSPS) is 16.4. The van der Waals surface area contributed by atoms with E-state index in [9.17, 15) is 4.79 Å². The van der Waals surface area contributed by atoms with Gasteiger partial charge in [-0.05, 0) is 12.0 Å². The first kappa shape index (κ1) is 11.0. The predicted octanol–water partition coefficient (Wildman–Crippen LogP) is 1.67. The zero-order chi connectivity index (χ0) is 10.4. The zero-order valence-corrected chi connectivity index (χ0v) is 8.71. The molecule has 1 heterocycles. The van der Waals surface area contributed by atoms with Crippen LogP contribution in [0.3, 0.4) is 0 Å². The van der Waals surface area contributed by atoms with Gasteiger partial charge in [0.25, 0.3) is 0 Å². The summed E-state index contributed by atoms with van der Waals surface area (Å²) in [6.45, 7) is 5.98. The molecule has 0 aromatic carbocycles. The third kappa shape index (κ3) is 4.28. The molecule has 4 heteroatoms. The molecule has 4 nitrogen and oxygen atoms in total. The summed E-state index contributed by atoms with van der Waals surface area (Å²) in [5.74, 6) is 1.04. The van der Waals surface area contributed by atoms with Gasteiger partial charge >= 0.3 is 6.16 Å². The van der Waals surface area contributed by atoms with Crippen LogP contribution >= 0.6 is 0 Å². The summed E-state index contributed by atoms with van der Waals surface area (Å²) in [5, 5.41) is 3.13. The van der Waals surface area contributed by atoms with Crippen LogP contribution in [0.2, 0.25) is 0 Å². The highest BCUT2D eigenvalue weighted by Crippen LogP contribution is 2.07. The molecule has 0 unspecified atom stereocenters. The molecule has 0 amide bonds. The van der Waals surface area contributed by atoms with Gasteiger partial charge in [-0.2, -0.15) is 0 Å². The Morgan fingerprint density at radius 1 is 1.64 bits per heavy atom. The Hall–Kier alpha value is -1.03. The number of nitrogens with one attached hydrogen (secondary N) is 1. The van der Waals surface area contributed by atoms with Crippen molar-refractivity contribution in [3.8, 4) is 0 Å². The topological polar surface area (TPSA) is 47.6 Å². The van der Waals surface area contributed by atoms with Crippen molar-refractivity contribution in [2.24, 2.45) is 5.92 Å². The summed E-state index contributed by atoms with van der Waals surface area (Å²) < 4.78 is 9.89. The first-order chi connectivity index (χ1) is 6.68. The lowest BCUT2D eigenvalue weighted by molar-refractivity contribution is 0.0654. The Labute approximate surface area is 84.3 Å². The Balaban J connectivity index is 2.22. The zero-order valence-electron chi connectivity index (χ0n) is 8.71. The summed E-state index contributed by atoms with van der Waals surface area (Å²) in [6, 6.07) is 0. The van der Waals surface area contributed by atoms with Crippen LogP contribution in [-0.4, -0.2) is 25.9 Å². The second-order valence-electron chi connectivity index (χ2n) is 3.68. The molecule has 0 bridgehead atoms. The summed E-state index contributed by atoms with van der Waals surface area (Å²) in [6.07, 6.45) is 2.02. The third-order valence-electron chi connectivity index (χ3n) is 1.77. The summed E-state index contributed by atoms with van der Waals surface area (Å²) >= 11 is 0. The van der Waals surface area contributed by atoms with E-state index in [1.54, 1.807) is 0 Å². The lowest BCUT2D eigenvalue weighted by atomic mass is 10.2. The van der Waals surface area contributed by atoms with Crippen LogP contribution in [0, 0.1) is 5.92 Å². The molecule has 1 aliphatic heterocycles. The van der Waals surface area contributed by atoms with Gasteiger partial charge in [0, 0.05) is 19.5 Å². The van der Waals surface area contributed by atoms with Crippen molar-refractivity contribution in [2.75, 3.05) is 19.7 Å². The largest absolute Gasteiger partial charge is 0.513 e. The number of hydrogen-bond acceptors (Lipinski definition) is 4. The molecule has 14 heavy (non-hydrogen) atoms. The van der Waals surface area contributed by atoms with Crippen molar-refractivity contribution in [3.05, 3.63) is 11.8 Å². The molecule has 0 radical (unpaired) electrons. The SMILES string of the molecule is CC(C)COC(=O)OC1=CCNCC1. The van der Waals surface area contributed by atoms with Gasteiger partial charge in [0.15, 0.2) is 0 Å². The van der Waals surface area contributed by atoms with Crippen LogP contribution in [0.1, 0.15) is 20.3 Å². The van der Waals surface area contributed by atoms with Crippen LogP contribution in [0.5, 0.6) is 0 Å². The number of rotatable bonds is 3. The van der Waals surface area contributed by atoms with Crippen LogP contribution < -0.4 is 5.32 Å². The van der Waals surface area contributed by atoms with Gasteiger partial charge < -0.3 is 14.8 Å². The number of hydrogen-bond donors (Lipinski definition) is 1. The van der Waals surface area contributed by atoms with Crippen molar-refractivity contribution >= 4 is 6.16 Å². The number of carbonyl (C=O) groups excluding carboxylic acids is 1. The highest BCUT2D eigenvalue weighted by Gasteiger charge is 2.11. The molecule has 1 N–H and O–H groups in total. The van der Waals surface area contributed by atoms with E-state index in [1.807, 2.05) is 19.9 Å². The molecule has 0 aliphatic carbocycles. The van der Waals surface area contributed by atoms with E-state index in [1.165, 1.54) is 0 Å². The van der Waals surface area contributed by atoms with Gasteiger partial charge in [0.1, 0.15) is 5.76 Å². The van der Waals surface area contributed by atoms with E-state index in [-0.39, 0.29) is 0 Å². The molecular weight excluding hydrogens is 182 g/mol.